The molecule has 0 aromatic rings. The Labute approximate surface area is 87.1 Å². The molecule has 0 amide bonds. The van der Waals surface area contributed by atoms with Crippen LogP contribution in [0, 0.1) is 0 Å². The molecule has 14 heavy (non-hydrogen) atoms. The van der Waals surface area contributed by atoms with Crippen LogP contribution in [0.2, 0.25) is 0 Å². The smallest absolute Gasteiger partial charge is 0.143 e. The first-order chi connectivity index (χ1) is 6.63. The molecule has 1 aliphatic heterocycles. The summed E-state index contributed by atoms with van der Waals surface area (Å²) in [6.07, 6.45) is 2.32. The van der Waals surface area contributed by atoms with Crippen molar-refractivity contribution in [1.29, 1.82) is 0 Å². The Kier molecular flexibility index (Phi) is 4.55. The van der Waals surface area contributed by atoms with E-state index in [1.165, 1.54) is 6.42 Å². The fourth-order valence-electron chi connectivity index (χ4n) is 2.17. The fourth-order valence-corrected chi connectivity index (χ4v) is 2.17. The predicted octanol–water partition coefficient (Wildman–Crippen LogP) is 0.991. The normalized spacial score (nSPS) is 26.1. The summed E-state index contributed by atoms with van der Waals surface area (Å²) in [5.41, 5.74) is 0. The third kappa shape index (κ3) is 3.39. The average Bonchev–Trinajstić information content (AvgIpc) is 2.27. The van der Waals surface area contributed by atoms with Crippen molar-refractivity contribution in [2.24, 2.45) is 0 Å². The minimum absolute atomic E-state index is 0.285. The lowest BCUT2D eigenvalue weighted by molar-refractivity contribution is -0.118. The number of Topliss-reactive ketones (excluding diaryl/α,β-unsaturated/α-hetero) is 1. The second-order valence-corrected chi connectivity index (χ2v) is 4.35. The van der Waals surface area contributed by atoms with E-state index in [2.05, 4.69) is 23.8 Å². The molecule has 1 atom stereocenters. The number of ketones is 1. The maximum absolute atomic E-state index is 11.1. The van der Waals surface area contributed by atoms with Gasteiger partial charge in [-0.2, -0.15) is 0 Å². The van der Waals surface area contributed by atoms with Crippen LogP contribution in [0.5, 0.6) is 0 Å². The Morgan fingerprint density at radius 3 is 2.71 bits per heavy atom. The van der Waals surface area contributed by atoms with Gasteiger partial charge in [-0.1, -0.05) is 6.92 Å². The number of nitrogens with zero attached hydrogens (tertiary/aromatic N) is 2. The van der Waals surface area contributed by atoms with Crippen LogP contribution in [0.4, 0.5) is 0 Å². The second kappa shape index (κ2) is 5.47. The maximum atomic E-state index is 11.1. The molecule has 1 unspecified atom stereocenters. The van der Waals surface area contributed by atoms with E-state index in [1.807, 2.05) is 0 Å². The lowest BCUT2D eigenvalue weighted by Gasteiger charge is -2.29. The molecule has 1 aliphatic rings. The molecular formula is C11H22N2O. The quantitative estimate of drug-likeness (QED) is 0.675. The van der Waals surface area contributed by atoms with Crippen LogP contribution in [-0.4, -0.2) is 54.9 Å². The number of likely N-dealkylation sites (N-methyl/N-ethyl adjacent to an activating group) is 1. The van der Waals surface area contributed by atoms with Crippen LogP contribution in [0.25, 0.3) is 0 Å². The molecule has 3 nitrogen and oxygen atoms in total. The first-order valence-corrected chi connectivity index (χ1v) is 5.55. The first kappa shape index (κ1) is 11.7. The van der Waals surface area contributed by atoms with Gasteiger partial charge in [-0.25, -0.2) is 0 Å². The highest BCUT2D eigenvalue weighted by atomic mass is 16.1. The highest BCUT2D eigenvalue weighted by molar-refractivity contribution is 5.77. The largest absolute Gasteiger partial charge is 0.305 e. The van der Waals surface area contributed by atoms with Crippen LogP contribution in [0.1, 0.15) is 26.7 Å². The van der Waals surface area contributed by atoms with Gasteiger partial charge in [0.05, 0.1) is 6.54 Å². The number of hydrogen-bond donors (Lipinski definition) is 0. The van der Waals surface area contributed by atoms with E-state index in [0.717, 1.165) is 26.1 Å². The van der Waals surface area contributed by atoms with E-state index in [0.29, 0.717) is 12.6 Å². The van der Waals surface area contributed by atoms with E-state index < -0.39 is 0 Å². The van der Waals surface area contributed by atoms with E-state index >= 15 is 0 Å². The topological polar surface area (TPSA) is 23.6 Å². The van der Waals surface area contributed by atoms with Gasteiger partial charge < -0.3 is 4.90 Å². The third-order valence-corrected chi connectivity index (χ3v) is 2.92. The number of hydrogen-bond acceptors (Lipinski definition) is 3. The standard InChI is InChI=1S/C11H22N2O/c1-4-11-9-12(3)6-5-7-13(11)8-10(2)14/h11H,4-9H2,1-3H3. The average molecular weight is 198 g/mol. The molecule has 0 radical (unpaired) electrons. The summed E-state index contributed by atoms with van der Waals surface area (Å²) in [5, 5.41) is 0. The first-order valence-electron chi connectivity index (χ1n) is 5.55. The Bertz CT molecular complexity index is 194. The Balaban J connectivity index is 2.56. The zero-order valence-corrected chi connectivity index (χ0v) is 9.62. The lowest BCUT2D eigenvalue weighted by atomic mass is 10.2. The van der Waals surface area contributed by atoms with Gasteiger partial charge in [0.2, 0.25) is 0 Å². The van der Waals surface area contributed by atoms with Gasteiger partial charge in [-0.05, 0) is 33.4 Å². The van der Waals surface area contributed by atoms with Crippen molar-refractivity contribution in [3.63, 3.8) is 0 Å². The monoisotopic (exact) mass is 198 g/mol. The van der Waals surface area contributed by atoms with E-state index in [4.69, 9.17) is 0 Å². The summed E-state index contributed by atoms with van der Waals surface area (Å²) >= 11 is 0. The molecular weight excluding hydrogens is 176 g/mol. The van der Waals surface area contributed by atoms with Crippen molar-refractivity contribution in [3.8, 4) is 0 Å². The number of carbonyl (C=O) groups excluding carboxylic acids is 1. The van der Waals surface area contributed by atoms with Gasteiger partial charge in [0.25, 0.3) is 0 Å². The molecule has 82 valence electrons. The summed E-state index contributed by atoms with van der Waals surface area (Å²) < 4.78 is 0. The van der Waals surface area contributed by atoms with Crippen LogP contribution >= 0.6 is 0 Å². The highest BCUT2D eigenvalue weighted by Gasteiger charge is 2.22. The molecule has 1 rings (SSSR count). The van der Waals surface area contributed by atoms with Gasteiger partial charge in [-0.3, -0.25) is 9.69 Å². The summed E-state index contributed by atoms with van der Waals surface area (Å²) in [6, 6.07) is 0.561. The SMILES string of the molecule is CCC1CN(C)CCCN1CC(C)=O. The Morgan fingerprint density at radius 2 is 2.14 bits per heavy atom. The summed E-state index contributed by atoms with van der Waals surface area (Å²) in [4.78, 5) is 15.8. The molecule has 0 saturated carbocycles. The third-order valence-electron chi connectivity index (χ3n) is 2.92. The molecule has 0 bridgehead atoms. The van der Waals surface area contributed by atoms with Crippen molar-refractivity contribution >= 4 is 5.78 Å². The predicted molar refractivity (Wildman–Crippen MR) is 58.4 cm³/mol. The van der Waals surface area contributed by atoms with E-state index in [-0.39, 0.29) is 5.78 Å². The Hall–Kier alpha value is -0.410. The molecule has 3 heteroatoms. The maximum Gasteiger partial charge on any atom is 0.143 e. The van der Waals surface area contributed by atoms with Crippen LogP contribution in [-0.2, 0) is 4.79 Å². The van der Waals surface area contributed by atoms with Crippen LogP contribution in [0.15, 0.2) is 0 Å². The second-order valence-electron chi connectivity index (χ2n) is 4.35. The van der Waals surface area contributed by atoms with Crippen molar-refractivity contribution in [2.75, 3.05) is 33.2 Å². The zero-order valence-electron chi connectivity index (χ0n) is 9.62. The molecule has 1 fully saturated rings. The molecule has 1 heterocycles. The van der Waals surface area contributed by atoms with Gasteiger partial charge in [0.1, 0.15) is 5.78 Å². The van der Waals surface area contributed by atoms with Crippen LogP contribution < -0.4 is 0 Å². The van der Waals surface area contributed by atoms with Crippen molar-refractivity contribution in [3.05, 3.63) is 0 Å². The highest BCUT2D eigenvalue weighted by Crippen LogP contribution is 2.11. The summed E-state index contributed by atoms with van der Waals surface area (Å²) in [6.45, 7) is 7.85. The Morgan fingerprint density at radius 1 is 1.43 bits per heavy atom. The van der Waals surface area contributed by atoms with Crippen LogP contribution in [0.3, 0.4) is 0 Å². The summed E-state index contributed by atoms with van der Waals surface area (Å²) in [5.74, 6) is 0.285. The minimum atomic E-state index is 0.285. The van der Waals surface area contributed by atoms with Crippen molar-refractivity contribution in [1.82, 2.24) is 9.80 Å². The molecule has 0 aliphatic carbocycles. The molecule has 1 saturated heterocycles. The van der Waals surface area contributed by atoms with Gasteiger partial charge in [0, 0.05) is 19.1 Å². The lowest BCUT2D eigenvalue weighted by Crippen LogP contribution is -2.41. The van der Waals surface area contributed by atoms with Crippen molar-refractivity contribution < 1.29 is 4.79 Å². The molecule has 0 spiro atoms. The van der Waals surface area contributed by atoms with Gasteiger partial charge >= 0.3 is 0 Å². The van der Waals surface area contributed by atoms with Gasteiger partial charge in [0.15, 0.2) is 0 Å². The molecule has 0 N–H and O–H groups in total. The number of carbonyl (C=O) groups is 1. The summed E-state index contributed by atoms with van der Waals surface area (Å²) in [7, 11) is 2.17. The van der Waals surface area contributed by atoms with Gasteiger partial charge in [-0.15, -0.1) is 0 Å². The van der Waals surface area contributed by atoms with Crippen molar-refractivity contribution in [2.45, 2.75) is 32.7 Å². The molecule has 0 aromatic carbocycles. The van der Waals surface area contributed by atoms with E-state index in [9.17, 15) is 4.79 Å². The number of rotatable bonds is 3. The molecule has 0 aromatic heterocycles. The fraction of sp³-hybridized carbons (Fsp3) is 0.909. The van der Waals surface area contributed by atoms with E-state index in [1.54, 1.807) is 6.92 Å². The zero-order chi connectivity index (χ0) is 10.6. The minimum Gasteiger partial charge on any atom is -0.305 e.